The SMILES string of the molecule is COC1(OC)C=CC=C(COc2coc(CN3CCc4ccccc4C3)cc2=O)C1. The van der Waals surface area contributed by atoms with Gasteiger partial charge in [0.25, 0.3) is 0 Å². The van der Waals surface area contributed by atoms with Crippen LogP contribution in [-0.2, 0) is 29.0 Å². The standard InChI is InChI=1S/C24H27NO5/c1-27-24(28-2)10-5-6-18(13-24)16-30-23-17-29-21(12-22(23)26)15-25-11-9-19-7-3-4-8-20(19)14-25/h3-8,10,12,17H,9,11,13-16H2,1-2H3. The topological polar surface area (TPSA) is 61.1 Å². The molecule has 0 N–H and O–H groups in total. The fraction of sp³-hybridized carbons (Fsp3) is 0.375. The molecule has 1 aliphatic carbocycles. The molecule has 1 aromatic heterocycles. The first-order chi connectivity index (χ1) is 14.6. The number of ether oxygens (including phenoxy) is 3. The van der Waals surface area contributed by atoms with Gasteiger partial charge in [0, 0.05) is 39.8 Å². The van der Waals surface area contributed by atoms with Crippen molar-refractivity contribution in [3.63, 3.8) is 0 Å². The quantitative estimate of drug-likeness (QED) is 0.653. The molecule has 0 saturated heterocycles. The smallest absolute Gasteiger partial charge is 0.227 e. The van der Waals surface area contributed by atoms with E-state index in [0.717, 1.165) is 25.1 Å². The molecule has 2 aliphatic rings. The van der Waals surface area contributed by atoms with Crippen LogP contribution in [0.15, 0.2) is 69.6 Å². The van der Waals surface area contributed by atoms with Gasteiger partial charge < -0.3 is 18.6 Å². The molecule has 0 unspecified atom stereocenters. The monoisotopic (exact) mass is 409 g/mol. The summed E-state index contributed by atoms with van der Waals surface area (Å²) in [6.45, 7) is 2.68. The summed E-state index contributed by atoms with van der Waals surface area (Å²) < 4.78 is 22.3. The first-order valence-electron chi connectivity index (χ1n) is 10.1. The second-order valence-corrected chi connectivity index (χ2v) is 7.67. The average molecular weight is 409 g/mol. The van der Waals surface area contributed by atoms with Gasteiger partial charge in [0.1, 0.15) is 18.6 Å². The van der Waals surface area contributed by atoms with Gasteiger partial charge in [0.15, 0.2) is 5.79 Å². The van der Waals surface area contributed by atoms with E-state index in [4.69, 9.17) is 18.6 Å². The van der Waals surface area contributed by atoms with Crippen LogP contribution < -0.4 is 10.2 Å². The van der Waals surface area contributed by atoms with E-state index in [-0.39, 0.29) is 17.8 Å². The largest absolute Gasteiger partial charge is 0.482 e. The fourth-order valence-corrected chi connectivity index (χ4v) is 3.93. The van der Waals surface area contributed by atoms with Crippen LogP contribution in [0.5, 0.6) is 5.75 Å². The molecule has 0 bridgehead atoms. The highest BCUT2D eigenvalue weighted by Gasteiger charge is 2.29. The highest BCUT2D eigenvalue weighted by atomic mass is 16.7. The number of fused-ring (bicyclic) bond motifs is 1. The third kappa shape index (κ3) is 4.56. The molecule has 6 heteroatoms. The van der Waals surface area contributed by atoms with E-state index >= 15 is 0 Å². The zero-order chi connectivity index (χ0) is 21.0. The van der Waals surface area contributed by atoms with Gasteiger partial charge in [-0.1, -0.05) is 36.4 Å². The van der Waals surface area contributed by atoms with Crippen LogP contribution in [0.4, 0.5) is 0 Å². The molecule has 2 aromatic rings. The van der Waals surface area contributed by atoms with Crippen LogP contribution in [0.1, 0.15) is 23.3 Å². The Morgan fingerprint density at radius 2 is 1.97 bits per heavy atom. The predicted molar refractivity (Wildman–Crippen MR) is 113 cm³/mol. The molecular formula is C24H27NO5. The van der Waals surface area contributed by atoms with Crippen LogP contribution in [0.2, 0.25) is 0 Å². The van der Waals surface area contributed by atoms with Crippen LogP contribution in [0.3, 0.4) is 0 Å². The van der Waals surface area contributed by atoms with Gasteiger partial charge >= 0.3 is 0 Å². The maximum absolute atomic E-state index is 12.5. The molecule has 0 radical (unpaired) electrons. The summed E-state index contributed by atoms with van der Waals surface area (Å²) in [5.74, 6) is 0.0673. The third-order valence-electron chi connectivity index (χ3n) is 5.70. The molecule has 158 valence electrons. The molecule has 1 aliphatic heterocycles. The van der Waals surface area contributed by atoms with Gasteiger partial charge in [-0.25, -0.2) is 0 Å². The lowest BCUT2D eigenvalue weighted by molar-refractivity contribution is -0.169. The number of rotatable bonds is 7. The normalized spacial score (nSPS) is 18.0. The highest BCUT2D eigenvalue weighted by molar-refractivity contribution is 5.29. The Hall–Kier alpha value is -2.67. The van der Waals surface area contributed by atoms with Crippen molar-refractivity contribution in [1.29, 1.82) is 0 Å². The lowest BCUT2D eigenvalue weighted by atomic mass is 10.00. The highest BCUT2D eigenvalue weighted by Crippen LogP contribution is 2.27. The maximum Gasteiger partial charge on any atom is 0.227 e. The van der Waals surface area contributed by atoms with E-state index in [1.54, 1.807) is 14.2 Å². The van der Waals surface area contributed by atoms with Crippen molar-refractivity contribution >= 4 is 0 Å². The van der Waals surface area contributed by atoms with Gasteiger partial charge in [-0.3, -0.25) is 9.69 Å². The van der Waals surface area contributed by atoms with E-state index < -0.39 is 5.79 Å². The molecular weight excluding hydrogens is 382 g/mol. The van der Waals surface area contributed by atoms with Gasteiger partial charge in [0.05, 0.1) is 6.54 Å². The first-order valence-corrected chi connectivity index (χ1v) is 10.1. The number of benzene rings is 1. The zero-order valence-electron chi connectivity index (χ0n) is 17.4. The fourth-order valence-electron chi connectivity index (χ4n) is 3.93. The van der Waals surface area contributed by atoms with Crippen molar-refractivity contribution in [3.8, 4) is 5.75 Å². The third-order valence-corrected chi connectivity index (χ3v) is 5.70. The molecule has 0 atom stereocenters. The summed E-state index contributed by atoms with van der Waals surface area (Å²) in [6, 6.07) is 10.0. The first kappa shape index (κ1) is 20.6. The molecule has 0 spiro atoms. The minimum Gasteiger partial charge on any atom is -0.482 e. The van der Waals surface area contributed by atoms with Crippen molar-refractivity contribution in [3.05, 3.63) is 87.5 Å². The maximum atomic E-state index is 12.5. The van der Waals surface area contributed by atoms with Crippen LogP contribution in [-0.4, -0.2) is 38.1 Å². The van der Waals surface area contributed by atoms with E-state index in [9.17, 15) is 4.79 Å². The van der Waals surface area contributed by atoms with E-state index in [1.807, 2.05) is 18.2 Å². The molecule has 4 rings (SSSR count). The van der Waals surface area contributed by atoms with Crippen LogP contribution >= 0.6 is 0 Å². The van der Waals surface area contributed by atoms with E-state index in [0.29, 0.717) is 18.7 Å². The van der Waals surface area contributed by atoms with Crippen molar-refractivity contribution in [2.75, 3.05) is 27.4 Å². The lowest BCUT2D eigenvalue weighted by Crippen LogP contribution is -2.34. The summed E-state index contributed by atoms with van der Waals surface area (Å²) >= 11 is 0. The number of hydrogen-bond acceptors (Lipinski definition) is 6. The van der Waals surface area contributed by atoms with Gasteiger partial charge in [-0.2, -0.15) is 0 Å². The molecule has 30 heavy (non-hydrogen) atoms. The summed E-state index contributed by atoms with van der Waals surface area (Å²) in [5, 5.41) is 0. The molecule has 6 nitrogen and oxygen atoms in total. The van der Waals surface area contributed by atoms with Gasteiger partial charge in [-0.15, -0.1) is 0 Å². The van der Waals surface area contributed by atoms with Crippen LogP contribution in [0, 0.1) is 0 Å². The van der Waals surface area contributed by atoms with Gasteiger partial charge in [0.2, 0.25) is 11.2 Å². The number of hydrogen-bond donors (Lipinski definition) is 0. The molecule has 1 aromatic carbocycles. The predicted octanol–water partition coefficient (Wildman–Crippen LogP) is 3.45. The van der Waals surface area contributed by atoms with Crippen molar-refractivity contribution in [1.82, 2.24) is 4.90 Å². The molecule has 0 fully saturated rings. The van der Waals surface area contributed by atoms with Crippen LogP contribution in [0.25, 0.3) is 0 Å². The summed E-state index contributed by atoms with van der Waals surface area (Å²) in [6.07, 6.45) is 8.64. The van der Waals surface area contributed by atoms with Crippen molar-refractivity contribution < 1.29 is 18.6 Å². The Balaban J connectivity index is 1.36. The lowest BCUT2D eigenvalue weighted by Gasteiger charge is -2.30. The Morgan fingerprint density at radius 3 is 2.73 bits per heavy atom. The molecule has 0 saturated carbocycles. The number of methoxy groups -OCH3 is 2. The number of allylic oxidation sites excluding steroid dienone is 2. The van der Waals surface area contributed by atoms with E-state index in [2.05, 4.69) is 29.2 Å². The Bertz CT molecular complexity index is 1000. The summed E-state index contributed by atoms with van der Waals surface area (Å²) in [4.78, 5) is 14.8. The average Bonchev–Trinajstić information content (AvgIpc) is 2.78. The number of nitrogens with zero attached hydrogens (tertiary/aromatic N) is 1. The Morgan fingerprint density at radius 1 is 1.17 bits per heavy atom. The van der Waals surface area contributed by atoms with E-state index in [1.165, 1.54) is 23.5 Å². The summed E-state index contributed by atoms with van der Waals surface area (Å²) in [7, 11) is 3.21. The summed E-state index contributed by atoms with van der Waals surface area (Å²) in [5.41, 5.74) is 3.53. The van der Waals surface area contributed by atoms with Gasteiger partial charge in [-0.05, 0) is 29.2 Å². The Kier molecular flexibility index (Phi) is 6.18. The molecule has 2 heterocycles. The minimum absolute atomic E-state index is 0.176. The second kappa shape index (κ2) is 9.00. The van der Waals surface area contributed by atoms with Crippen molar-refractivity contribution in [2.45, 2.75) is 31.7 Å². The molecule has 0 amide bonds. The zero-order valence-corrected chi connectivity index (χ0v) is 17.4. The Labute approximate surface area is 176 Å². The minimum atomic E-state index is -0.783. The van der Waals surface area contributed by atoms with Crippen molar-refractivity contribution in [2.24, 2.45) is 0 Å². The second-order valence-electron chi connectivity index (χ2n) is 7.67.